The minimum atomic E-state index is 0.914. The highest BCUT2D eigenvalue weighted by atomic mass is 32.1. The monoisotopic (exact) mass is 396 g/mol. The summed E-state index contributed by atoms with van der Waals surface area (Å²) in [7, 11) is 0. The van der Waals surface area contributed by atoms with Gasteiger partial charge in [0.25, 0.3) is 0 Å². The fourth-order valence-corrected chi connectivity index (χ4v) is 3.65. The molecule has 0 saturated carbocycles. The van der Waals surface area contributed by atoms with Gasteiger partial charge in [0.2, 0.25) is 0 Å². The van der Waals surface area contributed by atoms with Gasteiger partial charge >= 0.3 is 0 Å². The van der Waals surface area contributed by atoms with Gasteiger partial charge in [0.05, 0.1) is 22.4 Å². The molecule has 0 saturated heterocycles. The van der Waals surface area contributed by atoms with Crippen LogP contribution in [0.2, 0.25) is 0 Å². The molecule has 3 aromatic carbocycles. The zero-order chi connectivity index (χ0) is 19.1. The average molecular weight is 397 g/mol. The van der Waals surface area contributed by atoms with E-state index in [-0.39, 0.29) is 0 Å². The van der Waals surface area contributed by atoms with E-state index in [2.05, 4.69) is 61.7 Å². The second kappa shape index (κ2) is 6.97. The third-order valence-electron chi connectivity index (χ3n) is 4.85. The number of rotatable bonds is 2. The molecule has 28 heavy (non-hydrogen) atoms. The molecule has 0 aliphatic rings. The lowest BCUT2D eigenvalue weighted by Crippen LogP contribution is -1.91. The first-order valence-corrected chi connectivity index (χ1v) is 9.86. The van der Waals surface area contributed by atoms with Crippen LogP contribution in [0, 0.1) is 0 Å². The first-order chi connectivity index (χ1) is 13.7. The molecular formula is C24H16N2S2. The number of hydrogen-bond donors (Lipinski definition) is 2. The van der Waals surface area contributed by atoms with Crippen molar-refractivity contribution in [3.63, 3.8) is 0 Å². The van der Waals surface area contributed by atoms with E-state index >= 15 is 0 Å². The topological polar surface area (TPSA) is 25.8 Å². The smallest absolute Gasteiger partial charge is 0.0972 e. The normalized spacial score (nSPS) is 11.2. The molecule has 134 valence electrons. The first-order valence-electron chi connectivity index (χ1n) is 8.97. The SMILES string of the molecule is Sc1ccc(-c2ccc3ccc4ccc(-c5ccc(S)cc5)nc4c3n2)cc1. The van der Waals surface area contributed by atoms with Crippen LogP contribution in [0.25, 0.3) is 44.3 Å². The maximum absolute atomic E-state index is 4.95. The quantitative estimate of drug-likeness (QED) is 0.257. The number of pyridine rings is 2. The molecule has 0 atom stereocenters. The molecular weight excluding hydrogens is 380 g/mol. The zero-order valence-corrected chi connectivity index (χ0v) is 16.7. The maximum Gasteiger partial charge on any atom is 0.0972 e. The number of fused-ring (bicyclic) bond motifs is 3. The zero-order valence-electron chi connectivity index (χ0n) is 14.9. The van der Waals surface area contributed by atoms with Gasteiger partial charge in [-0.3, -0.25) is 0 Å². The van der Waals surface area contributed by atoms with Crippen molar-refractivity contribution in [2.24, 2.45) is 0 Å². The summed E-state index contributed by atoms with van der Waals surface area (Å²) in [5, 5.41) is 2.16. The Labute approximate surface area is 174 Å². The summed E-state index contributed by atoms with van der Waals surface area (Å²) in [4.78, 5) is 11.8. The fraction of sp³-hybridized carbons (Fsp3) is 0. The largest absolute Gasteiger partial charge is 0.245 e. The Balaban J connectivity index is 1.72. The molecule has 5 aromatic rings. The summed E-state index contributed by atoms with van der Waals surface area (Å²) in [5.41, 5.74) is 5.82. The Bertz CT molecular complexity index is 1210. The van der Waals surface area contributed by atoms with E-state index in [1.165, 1.54) is 0 Å². The summed E-state index contributed by atoms with van der Waals surface area (Å²) in [6, 6.07) is 28.6. The van der Waals surface area contributed by atoms with Gasteiger partial charge in [-0.15, -0.1) is 25.3 Å². The van der Waals surface area contributed by atoms with E-state index in [9.17, 15) is 0 Å². The van der Waals surface area contributed by atoms with Gasteiger partial charge in [0, 0.05) is 31.7 Å². The third-order valence-corrected chi connectivity index (χ3v) is 5.44. The lowest BCUT2D eigenvalue weighted by Gasteiger charge is -2.08. The Morgan fingerprint density at radius 3 is 1.18 bits per heavy atom. The van der Waals surface area contributed by atoms with Gasteiger partial charge in [-0.2, -0.15) is 0 Å². The Morgan fingerprint density at radius 1 is 0.429 bits per heavy atom. The third kappa shape index (κ3) is 3.15. The molecule has 2 aromatic heterocycles. The van der Waals surface area contributed by atoms with Crippen molar-refractivity contribution in [1.82, 2.24) is 9.97 Å². The summed E-state index contributed by atoms with van der Waals surface area (Å²) >= 11 is 8.74. The lowest BCUT2D eigenvalue weighted by atomic mass is 10.1. The van der Waals surface area contributed by atoms with Crippen LogP contribution in [0.5, 0.6) is 0 Å². The van der Waals surface area contributed by atoms with Crippen molar-refractivity contribution >= 4 is 47.1 Å². The van der Waals surface area contributed by atoms with Crippen LogP contribution in [0.3, 0.4) is 0 Å². The van der Waals surface area contributed by atoms with Crippen molar-refractivity contribution in [2.45, 2.75) is 9.79 Å². The van der Waals surface area contributed by atoms with Gasteiger partial charge in [-0.1, -0.05) is 48.5 Å². The molecule has 0 radical (unpaired) electrons. The molecule has 5 rings (SSSR count). The number of thiol groups is 2. The molecule has 0 fully saturated rings. The number of aromatic nitrogens is 2. The van der Waals surface area contributed by atoms with Gasteiger partial charge in [-0.25, -0.2) is 9.97 Å². The first kappa shape index (κ1) is 17.3. The van der Waals surface area contributed by atoms with E-state index < -0.39 is 0 Å². The van der Waals surface area contributed by atoms with Crippen LogP contribution in [0.15, 0.2) is 94.7 Å². The predicted molar refractivity (Wildman–Crippen MR) is 122 cm³/mol. The van der Waals surface area contributed by atoms with Crippen molar-refractivity contribution in [3.8, 4) is 22.5 Å². The second-order valence-corrected chi connectivity index (χ2v) is 7.73. The minimum Gasteiger partial charge on any atom is -0.245 e. The minimum absolute atomic E-state index is 0.914. The molecule has 0 aliphatic heterocycles. The summed E-state index contributed by atoms with van der Waals surface area (Å²) in [6.45, 7) is 0. The molecule has 4 heteroatoms. The van der Waals surface area contributed by atoms with E-state index in [1.54, 1.807) is 0 Å². The number of nitrogens with zero attached hydrogens (tertiary/aromatic N) is 2. The van der Waals surface area contributed by atoms with Crippen molar-refractivity contribution in [3.05, 3.63) is 84.9 Å². The van der Waals surface area contributed by atoms with Gasteiger partial charge in [0.1, 0.15) is 0 Å². The van der Waals surface area contributed by atoms with E-state index in [1.807, 2.05) is 48.5 Å². The Hall–Kier alpha value is -2.82. The molecule has 0 N–H and O–H groups in total. The molecule has 0 bridgehead atoms. The van der Waals surface area contributed by atoms with Crippen molar-refractivity contribution in [1.29, 1.82) is 0 Å². The molecule has 2 heterocycles. The molecule has 0 unspecified atom stereocenters. The van der Waals surface area contributed by atoms with Crippen LogP contribution in [0.1, 0.15) is 0 Å². The van der Waals surface area contributed by atoms with Crippen LogP contribution in [-0.2, 0) is 0 Å². The summed E-state index contributed by atoms with van der Waals surface area (Å²) < 4.78 is 0. The lowest BCUT2D eigenvalue weighted by molar-refractivity contribution is 1.35. The van der Waals surface area contributed by atoms with Gasteiger partial charge in [0.15, 0.2) is 0 Å². The maximum atomic E-state index is 4.95. The number of hydrogen-bond acceptors (Lipinski definition) is 4. The van der Waals surface area contributed by atoms with E-state index in [0.29, 0.717) is 0 Å². The van der Waals surface area contributed by atoms with Gasteiger partial charge in [-0.05, 0) is 36.4 Å². The molecule has 2 nitrogen and oxygen atoms in total. The van der Waals surface area contributed by atoms with Crippen LogP contribution in [-0.4, -0.2) is 9.97 Å². The Kier molecular flexibility index (Phi) is 4.30. The van der Waals surface area contributed by atoms with Crippen molar-refractivity contribution in [2.75, 3.05) is 0 Å². The van der Waals surface area contributed by atoms with Gasteiger partial charge < -0.3 is 0 Å². The highest BCUT2D eigenvalue weighted by Gasteiger charge is 2.08. The molecule has 0 aliphatic carbocycles. The predicted octanol–water partition coefficient (Wildman–Crippen LogP) is 6.69. The number of benzene rings is 3. The highest BCUT2D eigenvalue weighted by molar-refractivity contribution is 7.80. The van der Waals surface area contributed by atoms with Crippen LogP contribution >= 0.6 is 25.3 Å². The van der Waals surface area contributed by atoms with Crippen molar-refractivity contribution < 1.29 is 0 Å². The van der Waals surface area contributed by atoms with Crippen LogP contribution < -0.4 is 0 Å². The van der Waals surface area contributed by atoms with E-state index in [0.717, 1.165) is 54.1 Å². The standard InChI is InChI=1S/C24H16N2S2/c27-19-9-3-15(4-10-19)21-13-7-17-1-2-18-8-14-22(26-24(18)23(17)25-21)16-5-11-20(28)12-6-16/h1-14,27-28H. The Morgan fingerprint density at radius 2 is 0.786 bits per heavy atom. The summed E-state index contributed by atoms with van der Waals surface area (Å²) in [5.74, 6) is 0. The molecule has 0 amide bonds. The average Bonchev–Trinajstić information content (AvgIpc) is 2.74. The molecule has 0 spiro atoms. The van der Waals surface area contributed by atoms with Crippen LogP contribution in [0.4, 0.5) is 0 Å². The summed E-state index contributed by atoms with van der Waals surface area (Å²) in [6.07, 6.45) is 0. The van der Waals surface area contributed by atoms with E-state index in [4.69, 9.17) is 9.97 Å². The highest BCUT2D eigenvalue weighted by Crippen LogP contribution is 2.29. The fourth-order valence-electron chi connectivity index (χ4n) is 3.35. The second-order valence-electron chi connectivity index (χ2n) is 6.70.